The van der Waals surface area contributed by atoms with Crippen LogP contribution in [0.3, 0.4) is 0 Å². The van der Waals surface area contributed by atoms with Gasteiger partial charge in [-0.15, -0.1) is 0 Å². The summed E-state index contributed by atoms with van der Waals surface area (Å²) in [6.07, 6.45) is 1.41. The van der Waals surface area contributed by atoms with E-state index in [1.54, 1.807) is 18.2 Å². The lowest BCUT2D eigenvalue weighted by atomic mass is 10.5. The van der Waals surface area contributed by atoms with Gasteiger partial charge in [-0.25, -0.2) is 0 Å². The van der Waals surface area contributed by atoms with Crippen molar-refractivity contribution in [3.05, 3.63) is 29.6 Å². The molecule has 1 aromatic rings. The highest BCUT2D eigenvalue weighted by Gasteiger charge is 1.90. The maximum atomic E-state index is 10.5. The standard InChI is InChI=1S/C5H5NOS.Al.3H/c7-6-4-2-1-3-5(6)8;;;;/h1-4,8H;;;;. The number of hydrogen-bond donors (Lipinski definition) is 1. The van der Waals surface area contributed by atoms with Crippen LogP contribution in [-0.2, 0) is 0 Å². The van der Waals surface area contributed by atoms with Crippen molar-refractivity contribution in [1.29, 1.82) is 0 Å². The second kappa shape index (κ2) is 3.78. The lowest BCUT2D eigenvalue weighted by Crippen LogP contribution is -2.26. The van der Waals surface area contributed by atoms with Gasteiger partial charge < -0.3 is 5.21 Å². The van der Waals surface area contributed by atoms with E-state index in [0.29, 0.717) is 9.76 Å². The monoisotopic (exact) mass is 157 g/mol. The van der Waals surface area contributed by atoms with Crippen molar-refractivity contribution in [3.8, 4) is 0 Å². The van der Waals surface area contributed by atoms with Crippen LogP contribution < -0.4 is 4.73 Å². The van der Waals surface area contributed by atoms with E-state index in [1.165, 1.54) is 6.20 Å². The van der Waals surface area contributed by atoms with Gasteiger partial charge in [0.05, 0.1) is 0 Å². The SMILES string of the molecule is [AlH3].[O-][n+]1ccccc1S. The van der Waals surface area contributed by atoms with Crippen LogP contribution in [0.25, 0.3) is 0 Å². The van der Waals surface area contributed by atoms with Crippen LogP contribution in [0.5, 0.6) is 0 Å². The lowest BCUT2D eigenvalue weighted by Gasteiger charge is -1.94. The third-order valence-electron chi connectivity index (χ3n) is 0.804. The Bertz CT molecular complexity index is 173. The number of pyridine rings is 1. The van der Waals surface area contributed by atoms with Crippen LogP contribution in [0, 0.1) is 5.21 Å². The van der Waals surface area contributed by atoms with Gasteiger partial charge in [-0.05, 0) is 6.07 Å². The predicted molar refractivity (Wildman–Crippen MR) is 42.6 cm³/mol. The summed E-state index contributed by atoms with van der Waals surface area (Å²) >= 11 is 3.85. The molecule has 0 radical (unpaired) electrons. The average Bonchev–Trinajstić information content (AvgIpc) is 1.77. The molecular weight excluding hydrogens is 149 g/mol. The zero-order valence-electron chi connectivity index (χ0n) is 4.11. The Morgan fingerprint density at radius 3 is 2.44 bits per heavy atom. The Morgan fingerprint density at radius 2 is 2.11 bits per heavy atom. The summed E-state index contributed by atoms with van der Waals surface area (Å²) in [6, 6.07) is 5.06. The minimum absolute atomic E-state index is 0. The highest BCUT2D eigenvalue weighted by atomic mass is 32.1. The van der Waals surface area contributed by atoms with Crippen LogP contribution >= 0.6 is 12.6 Å². The Balaban J connectivity index is 0.000000640. The van der Waals surface area contributed by atoms with Crippen LogP contribution in [0.15, 0.2) is 29.4 Å². The van der Waals surface area contributed by atoms with Gasteiger partial charge in [0.1, 0.15) is 0 Å². The second-order valence-corrected chi connectivity index (χ2v) is 1.84. The summed E-state index contributed by atoms with van der Waals surface area (Å²) in [5.74, 6) is 0. The molecule has 0 aliphatic heterocycles. The largest absolute Gasteiger partial charge is 0.618 e. The first-order chi connectivity index (χ1) is 3.80. The molecule has 0 aliphatic rings. The van der Waals surface area contributed by atoms with Crippen molar-refractivity contribution < 1.29 is 4.73 Å². The first-order valence-corrected chi connectivity index (χ1v) is 2.62. The van der Waals surface area contributed by atoms with E-state index >= 15 is 0 Å². The number of thiol groups is 1. The minimum atomic E-state index is 0. The third-order valence-corrected chi connectivity index (χ3v) is 1.15. The second-order valence-electron chi connectivity index (χ2n) is 1.38. The predicted octanol–water partition coefficient (Wildman–Crippen LogP) is -0.575. The molecule has 4 heteroatoms. The Hall–Kier alpha value is -0.168. The number of rotatable bonds is 0. The molecule has 0 bridgehead atoms. The molecule has 9 heavy (non-hydrogen) atoms. The van der Waals surface area contributed by atoms with E-state index in [0.717, 1.165) is 0 Å². The van der Waals surface area contributed by atoms with Gasteiger partial charge in [-0.3, -0.25) is 0 Å². The summed E-state index contributed by atoms with van der Waals surface area (Å²) < 4.78 is 0.698. The maximum Gasteiger partial charge on any atom is 0.248 e. The van der Waals surface area contributed by atoms with Crippen molar-refractivity contribution in [2.75, 3.05) is 0 Å². The number of aromatic nitrogens is 1. The zero-order valence-corrected chi connectivity index (χ0v) is 5.01. The molecule has 0 aliphatic carbocycles. The average molecular weight is 157 g/mol. The van der Waals surface area contributed by atoms with Crippen LogP contribution in [0.1, 0.15) is 0 Å². The summed E-state index contributed by atoms with van der Waals surface area (Å²) in [7, 11) is 0. The molecule has 1 aromatic heterocycles. The van der Waals surface area contributed by atoms with Gasteiger partial charge in [-0.1, -0.05) is 12.6 Å². The summed E-state index contributed by atoms with van der Waals surface area (Å²) in [6.45, 7) is 0. The molecule has 0 atom stereocenters. The smallest absolute Gasteiger partial charge is 0.248 e. The van der Waals surface area contributed by atoms with Gasteiger partial charge in [0.25, 0.3) is 0 Å². The van der Waals surface area contributed by atoms with Crippen molar-refractivity contribution in [3.63, 3.8) is 0 Å². The van der Waals surface area contributed by atoms with Crippen LogP contribution in [0.2, 0.25) is 0 Å². The lowest BCUT2D eigenvalue weighted by molar-refractivity contribution is -0.645. The van der Waals surface area contributed by atoms with Crippen molar-refractivity contribution in [2.45, 2.75) is 5.03 Å². The molecule has 0 N–H and O–H groups in total. The maximum absolute atomic E-state index is 10.5. The van der Waals surface area contributed by atoms with Gasteiger partial charge in [0, 0.05) is 12.1 Å². The highest BCUT2D eigenvalue weighted by molar-refractivity contribution is 7.80. The first kappa shape index (κ1) is 8.83. The van der Waals surface area contributed by atoms with Gasteiger partial charge in [-0.2, -0.15) is 4.73 Å². The third kappa shape index (κ3) is 2.27. The Kier molecular flexibility index (Phi) is 3.71. The van der Waals surface area contributed by atoms with Crippen molar-refractivity contribution in [1.82, 2.24) is 0 Å². The van der Waals surface area contributed by atoms with Gasteiger partial charge >= 0.3 is 0 Å². The van der Waals surface area contributed by atoms with E-state index < -0.39 is 0 Å². The normalized spacial score (nSPS) is 8.11. The summed E-state index contributed by atoms with van der Waals surface area (Å²) in [5, 5.41) is 10.9. The molecular formula is C5H8AlNOS. The van der Waals surface area contributed by atoms with Crippen molar-refractivity contribution in [2.24, 2.45) is 0 Å². The fourth-order valence-corrected chi connectivity index (χ4v) is 0.572. The molecule has 0 fully saturated rings. The summed E-state index contributed by atoms with van der Waals surface area (Å²) in [4.78, 5) is 0. The van der Waals surface area contributed by atoms with E-state index in [1.807, 2.05) is 0 Å². The zero-order chi connectivity index (χ0) is 5.98. The van der Waals surface area contributed by atoms with E-state index in [2.05, 4.69) is 12.6 Å². The number of nitrogens with zero attached hydrogens (tertiary/aromatic N) is 1. The summed E-state index contributed by atoms with van der Waals surface area (Å²) in [5.41, 5.74) is 0. The minimum Gasteiger partial charge on any atom is -0.618 e. The molecule has 0 saturated heterocycles. The molecule has 2 nitrogen and oxygen atoms in total. The quantitative estimate of drug-likeness (QED) is 0.232. The molecule has 0 aromatic carbocycles. The van der Waals surface area contributed by atoms with E-state index in [-0.39, 0.29) is 17.4 Å². The molecule has 1 heterocycles. The molecule has 1 rings (SSSR count). The molecule has 0 saturated carbocycles. The molecule has 0 unspecified atom stereocenters. The fourth-order valence-electron chi connectivity index (χ4n) is 0.419. The highest BCUT2D eigenvalue weighted by Crippen LogP contribution is 1.93. The van der Waals surface area contributed by atoms with Crippen LogP contribution in [0.4, 0.5) is 0 Å². The van der Waals surface area contributed by atoms with E-state index in [9.17, 15) is 5.21 Å². The van der Waals surface area contributed by atoms with Gasteiger partial charge in [0.2, 0.25) is 5.03 Å². The fraction of sp³-hybridized carbons (Fsp3) is 0. The molecule has 48 valence electrons. The number of hydrogen-bond acceptors (Lipinski definition) is 2. The Morgan fingerprint density at radius 1 is 1.44 bits per heavy atom. The van der Waals surface area contributed by atoms with Gasteiger partial charge in [0.15, 0.2) is 23.6 Å². The topological polar surface area (TPSA) is 26.9 Å². The molecule has 0 amide bonds. The molecule has 0 spiro atoms. The van der Waals surface area contributed by atoms with Crippen LogP contribution in [-0.4, -0.2) is 17.4 Å². The van der Waals surface area contributed by atoms with E-state index in [4.69, 9.17) is 0 Å². The Labute approximate surface area is 69.6 Å². The first-order valence-electron chi connectivity index (χ1n) is 2.18. The van der Waals surface area contributed by atoms with Crippen molar-refractivity contribution >= 4 is 30.0 Å².